The Morgan fingerprint density at radius 1 is 1.57 bits per heavy atom. The molecule has 2 atom stereocenters. The average Bonchev–Trinajstić information content (AvgIpc) is 2.48. The molecule has 1 fully saturated rings. The molecule has 0 radical (unpaired) electrons. The van der Waals surface area contributed by atoms with Gasteiger partial charge >= 0.3 is 0 Å². The molecule has 6 heteroatoms. The summed E-state index contributed by atoms with van der Waals surface area (Å²) in [5.74, 6) is -0.628. The zero-order valence-electron chi connectivity index (χ0n) is 11.9. The average molecular weight is 360 g/mol. The summed E-state index contributed by atoms with van der Waals surface area (Å²) in [6.45, 7) is 2.87. The number of ether oxygens (including phenoxy) is 2. The van der Waals surface area contributed by atoms with Gasteiger partial charge in [0, 0.05) is 11.1 Å². The van der Waals surface area contributed by atoms with Crippen LogP contribution in [0.4, 0.5) is 10.1 Å². The summed E-state index contributed by atoms with van der Waals surface area (Å²) in [6, 6.07) is 4.10. The number of hydrogen-bond acceptors (Lipinski definition) is 3. The molecule has 1 amide bonds. The Kier molecular flexibility index (Phi) is 6.14. The first-order valence-electron chi connectivity index (χ1n) is 7.05. The standard InChI is InChI=1S/C15H19BrFNO3/c1-10(21-9-12-4-2-3-7-20-12)15(19)18-14-6-5-11(17)8-13(14)16/h5-6,8,10,12H,2-4,7,9H2,1H3,(H,18,19). The SMILES string of the molecule is CC(OCC1CCCCO1)C(=O)Nc1ccc(F)cc1Br. The molecule has 0 aliphatic carbocycles. The van der Waals surface area contributed by atoms with Crippen LogP contribution in [0, 0.1) is 5.82 Å². The number of rotatable bonds is 5. The highest BCUT2D eigenvalue weighted by atomic mass is 79.9. The number of hydrogen-bond donors (Lipinski definition) is 1. The molecule has 1 aromatic carbocycles. The smallest absolute Gasteiger partial charge is 0.253 e. The molecule has 1 heterocycles. The minimum Gasteiger partial charge on any atom is -0.376 e. The van der Waals surface area contributed by atoms with E-state index in [9.17, 15) is 9.18 Å². The highest BCUT2D eigenvalue weighted by molar-refractivity contribution is 9.10. The Morgan fingerprint density at radius 2 is 2.38 bits per heavy atom. The van der Waals surface area contributed by atoms with Gasteiger partial charge < -0.3 is 14.8 Å². The van der Waals surface area contributed by atoms with E-state index < -0.39 is 6.10 Å². The first-order chi connectivity index (χ1) is 10.1. The van der Waals surface area contributed by atoms with Crippen molar-refractivity contribution >= 4 is 27.5 Å². The highest BCUT2D eigenvalue weighted by Crippen LogP contribution is 2.23. The minimum absolute atomic E-state index is 0.0755. The molecule has 1 saturated heterocycles. The molecular formula is C15H19BrFNO3. The van der Waals surface area contributed by atoms with Crippen LogP contribution in [0.1, 0.15) is 26.2 Å². The predicted octanol–water partition coefficient (Wildman–Crippen LogP) is 3.50. The van der Waals surface area contributed by atoms with E-state index in [4.69, 9.17) is 9.47 Å². The van der Waals surface area contributed by atoms with Gasteiger partial charge in [0.15, 0.2) is 0 Å². The quantitative estimate of drug-likeness (QED) is 0.874. The van der Waals surface area contributed by atoms with Gasteiger partial charge in [-0.1, -0.05) is 0 Å². The van der Waals surface area contributed by atoms with Gasteiger partial charge in [0.1, 0.15) is 11.9 Å². The summed E-state index contributed by atoms with van der Waals surface area (Å²) >= 11 is 3.21. The van der Waals surface area contributed by atoms with Crippen molar-refractivity contribution in [3.05, 3.63) is 28.5 Å². The van der Waals surface area contributed by atoms with Gasteiger partial charge in [0.05, 0.1) is 18.4 Å². The number of halogens is 2. The lowest BCUT2D eigenvalue weighted by molar-refractivity contribution is -0.130. The highest BCUT2D eigenvalue weighted by Gasteiger charge is 2.19. The second-order valence-corrected chi connectivity index (χ2v) is 5.93. The lowest BCUT2D eigenvalue weighted by Crippen LogP contribution is -2.32. The Bertz CT molecular complexity index is 492. The third-order valence-electron chi connectivity index (χ3n) is 3.36. The van der Waals surface area contributed by atoms with Gasteiger partial charge in [-0.25, -0.2) is 4.39 Å². The Balaban J connectivity index is 1.81. The fraction of sp³-hybridized carbons (Fsp3) is 0.533. The Morgan fingerprint density at radius 3 is 3.05 bits per heavy atom. The van der Waals surface area contributed by atoms with Crippen molar-refractivity contribution < 1.29 is 18.7 Å². The van der Waals surface area contributed by atoms with E-state index in [1.807, 2.05) is 0 Å². The molecule has 0 saturated carbocycles. The van der Waals surface area contributed by atoms with E-state index in [0.29, 0.717) is 16.8 Å². The predicted molar refractivity (Wildman–Crippen MR) is 81.7 cm³/mol. The van der Waals surface area contributed by atoms with Crippen molar-refractivity contribution in [3.8, 4) is 0 Å². The number of nitrogens with one attached hydrogen (secondary N) is 1. The molecular weight excluding hydrogens is 341 g/mol. The molecule has 1 aliphatic rings. The first-order valence-corrected chi connectivity index (χ1v) is 7.84. The second kappa shape index (κ2) is 7.87. The number of benzene rings is 1. The zero-order valence-corrected chi connectivity index (χ0v) is 13.5. The Labute approximate surface area is 132 Å². The fourth-order valence-electron chi connectivity index (χ4n) is 2.09. The molecule has 1 N–H and O–H groups in total. The molecule has 0 aromatic heterocycles. The molecule has 4 nitrogen and oxygen atoms in total. The molecule has 0 bridgehead atoms. The van der Waals surface area contributed by atoms with Gasteiger partial charge in [0.2, 0.25) is 0 Å². The van der Waals surface area contributed by atoms with Crippen molar-refractivity contribution in [1.29, 1.82) is 0 Å². The van der Waals surface area contributed by atoms with Crippen molar-refractivity contribution in [2.24, 2.45) is 0 Å². The number of anilines is 1. The molecule has 1 aliphatic heterocycles. The van der Waals surface area contributed by atoms with Crippen molar-refractivity contribution in [3.63, 3.8) is 0 Å². The lowest BCUT2D eigenvalue weighted by Gasteiger charge is -2.24. The van der Waals surface area contributed by atoms with Crippen LogP contribution in [0.5, 0.6) is 0 Å². The molecule has 2 unspecified atom stereocenters. The zero-order chi connectivity index (χ0) is 15.2. The summed E-state index contributed by atoms with van der Waals surface area (Å²) in [7, 11) is 0. The maximum absolute atomic E-state index is 13.0. The van der Waals surface area contributed by atoms with Crippen molar-refractivity contribution in [1.82, 2.24) is 0 Å². The van der Waals surface area contributed by atoms with Crippen LogP contribution in [-0.4, -0.2) is 31.3 Å². The molecule has 21 heavy (non-hydrogen) atoms. The van der Waals surface area contributed by atoms with E-state index >= 15 is 0 Å². The lowest BCUT2D eigenvalue weighted by atomic mass is 10.1. The summed E-state index contributed by atoms with van der Waals surface area (Å²) < 4.78 is 24.6. The maximum Gasteiger partial charge on any atom is 0.253 e. The van der Waals surface area contributed by atoms with E-state index in [1.54, 1.807) is 6.92 Å². The summed E-state index contributed by atoms with van der Waals surface area (Å²) in [5, 5.41) is 2.71. The van der Waals surface area contributed by atoms with Gasteiger partial charge in [-0.05, 0) is 60.3 Å². The summed E-state index contributed by atoms with van der Waals surface area (Å²) in [6.07, 6.45) is 2.68. The van der Waals surface area contributed by atoms with Gasteiger partial charge in [-0.2, -0.15) is 0 Å². The number of carbonyl (C=O) groups excluding carboxylic acids is 1. The van der Waals surface area contributed by atoms with Crippen LogP contribution in [0.25, 0.3) is 0 Å². The first kappa shape index (κ1) is 16.4. The topological polar surface area (TPSA) is 47.6 Å². The van der Waals surface area contributed by atoms with Crippen LogP contribution >= 0.6 is 15.9 Å². The summed E-state index contributed by atoms with van der Waals surface area (Å²) in [5.41, 5.74) is 0.519. The third-order valence-corrected chi connectivity index (χ3v) is 4.02. The van der Waals surface area contributed by atoms with E-state index in [1.165, 1.54) is 18.2 Å². The normalized spacial score (nSPS) is 20.0. The van der Waals surface area contributed by atoms with Crippen LogP contribution in [0.3, 0.4) is 0 Å². The van der Waals surface area contributed by atoms with Gasteiger partial charge in [0.25, 0.3) is 5.91 Å². The van der Waals surface area contributed by atoms with E-state index in [2.05, 4.69) is 21.2 Å². The van der Waals surface area contributed by atoms with Crippen LogP contribution in [0.2, 0.25) is 0 Å². The number of amides is 1. The van der Waals surface area contributed by atoms with Gasteiger partial charge in [-0.3, -0.25) is 4.79 Å². The van der Waals surface area contributed by atoms with Crippen LogP contribution in [-0.2, 0) is 14.3 Å². The van der Waals surface area contributed by atoms with Crippen molar-refractivity contribution in [2.75, 3.05) is 18.5 Å². The second-order valence-electron chi connectivity index (χ2n) is 5.08. The van der Waals surface area contributed by atoms with Crippen LogP contribution in [0.15, 0.2) is 22.7 Å². The molecule has 0 spiro atoms. The fourth-order valence-corrected chi connectivity index (χ4v) is 2.54. The molecule has 2 rings (SSSR count). The summed E-state index contributed by atoms with van der Waals surface area (Å²) in [4.78, 5) is 12.0. The minimum atomic E-state index is -0.590. The van der Waals surface area contributed by atoms with Crippen LogP contribution < -0.4 is 5.32 Å². The number of carbonyl (C=O) groups is 1. The largest absolute Gasteiger partial charge is 0.376 e. The molecule has 116 valence electrons. The van der Waals surface area contributed by atoms with E-state index in [0.717, 1.165) is 25.9 Å². The van der Waals surface area contributed by atoms with Crippen molar-refractivity contribution in [2.45, 2.75) is 38.4 Å². The van der Waals surface area contributed by atoms with E-state index in [-0.39, 0.29) is 17.8 Å². The maximum atomic E-state index is 13.0. The Hall–Kier alpha value is -0.980. The third kappa shape index (κ3) is 5.05. The monoisotopic (exact) mass is 359 g/mol. The van der Waals surface area contributed by atoms with Gasteiger partial charge in [-0.15, -0.1) is 0 Å². The molecule has 1 aromatic rings.